The zero-order valence-electron chi connectivity index (χ0n) is 11.4. The Morgan fingerprint density at radius 3 is 2.58 bits per heavy atom. The van der Waals surface area contributed by atoms with E-state index in [0.29, 0.717) is 45.8 Å². The van der Waals surface area contributed by atoms with Crippen molar-refractivity contribution in [3.05, 3.63) is 0 Å². The van der Waals surface area contributed by atoms with E-state index in [1.54, 1.807) is 11.8 Å². The number of morpholine rings is 1. The lowest BCUT2D eigenvalue weighted by Crippen LogP contribution is -2.51. The maximum absolute atomic E-state index is 12.1. The number of nitrogens with zero attached hydrogens (tertiary/aromatic N) is 2. The molecule has 1 amide bonds. The maximum atomic E-state index is 12.1. The van der Waals surface area contributed by atoms with Gasteiger partial charge in [-0.3, -0.25) is 14.5 Å². The number of carboxylic acids is 1. The molecule has 0 aromatic carbocycles. The molecule has 108 valence electrons. The molecule has 0 saturated carbocycles. The minimum Gasteiger partial charge on any atom is -0.481 e. The molecule has 0 aliphatic carbocycles. The van der Waals surface area contributed by atoms with E-state index in [-0.39, 0.29) is 5.91 Å². The summed E-state index contributed by atoms with van der Waals surface area (Å²) >= 11 is 0. The first-order valence-electron chi connectivity index (χ1n) is 6.82. The number of carbonyl (C=O) groups excluding carboxylic acids is 1. The van der Waals surface area contributed by atoms with E-state index in [1.165, 1.54) is 0 Å². The van der Waals surface area contributed by atoms with Crippen molar-refractivity contribution in [2.45, 2.75) is 19.8 Å². The average molecular weight is 270 g/mol. The predicted octanol–water partition coefficient (Wildman–Crippen LogP) is 0.0319. The summed E-state index contributed by atoms with van der Waals surface area (Å²) in [7, 11) is 0. The van der Waals surface area contributed by atoms with Gasteiger partial charge in [-0.2, -0.15) is 0 Å². The fourth-order valence-electron chi connectivity index (χ4n) is 2.76. The summed E-state index contributed by atoms with van der Waals surface area (Å²) in [5, 5.41) is 9.26. The van der Waals surface area contributed by atoms with Crippen LogP contribution in [0, 0.1) is 5.41 Å². The van der Waals surface area contributed by atoms with Crippen molar-refractivity contribution in [3.63, 3.8) is 0 Å². The van der Waals surface area contributed by atoms with Crippen molar-refractivity contribution in [1.29, 1.82) is 0 Å². The van der Waals surface area contributed by atoms with Crippen LogP contribution in [0.25, 0.3) is 0 Å². The van der Waals surface area contributed by atoms with Gasteiger partial charge in [0.15, 0.2) is 0 Å². The summed E-state index contributed by atoms with van der Waals surface area (Å²) in [6, 6.07) is 0. The molecule has 0 aromatic heterocycles. The molecule has 2 fully saturated rings. The van der Waals surface area contributed by atoms with E-state index in [1.807, 2.05) is 4.90 Å². The quantitative estimate of drug-likeness (QED) is 0.783. The summed E-state index contributed by atoms with van der Waals surface area (Å²) in [6.07, 6.45) is 1.52. The number of ether oxygens (including phenoxy) is 1. The maximum Gasteiger partial charge on any atom is 0.310 e. The Hall–Kier alpha value is -1.14. The normalized spacial score (nSPS) is 29.2. The smallest absolute Gasteiger partial charge is 0.310 e. The molecule has 1 unspecified atom stereocenters. The van der Waals surface area contributed by atoms with Crippen LogP contribution in [-0.4, -0.2) is 72.7 Å². The van der Waals surface area contributed by atoms with Crippen molar-refractivity contribution in [1.82, 2.24) is 9.80 Å². The van der Waals surface area contributed by atoms with Crippen LogP contribution in [0.15, 0.2) is 0 Å². The summed E-state index contributed by atoms with van der Waals surface area (Å²) in [5.74, 6) is -0.686. The molecule has 1 N–H and O–H groups in total. The van der Waals surface area contributed by atoms with Gasteiger partial charge in [-0.15, -0.1) is 0 Å². The highest BCUT2D eigenvalue weighted by Gasteiger charge is 2.38. The summed E-state index contributed by atoms with van der Waals surface area (Å²) in [6.45, 7) is 5.82. The van der Waals surface area contributed by atoms with Crippen molar-refractivity contribution >= 4 is 11.9 Å². The van der Waals surface area contributed by atoms with Crippen LogP contribution in [0.5, 0.6) is 0 Å². The van der Waals surface area contributed by atoms with Gasteiger partial charge in [0.1, 0.15) is 0 Å². The molecule has 2 rings (SSSR count). The molecule has 6 nitrogen and oxygen atoms in total. The third-order valence-electron chi connectivity index (χ3n) is 4.01. The fraction of sp³-hybridized carbons (Fsp3) is 0.846. The van der Waals surface area contributed by atoms with Crippen LogP contribution in [0.4, 0.5) is 0 Å². The Morgan fingerprint density at radius 2 is 1.95 bits per heavy atom. The second-order valence-corrected chi connectivity index (χ2v) is 5.67. The molecule has 0 radical (unpaired) electrons. The molecule has 0 bridgehead atoms. The van der Waals surface area contributed by atoms with Crippen LogP contribution >= 0.6 is 0 Å². The van der Waals surface area contributed by atoms with E-state index in [9.17, 15) is 14.7 Å². The first-order valence-corrected chi connectivity index (χ1v) is 6.82. The van der Waals surface area contributed by atoms with Crippen molar-refractivity contribution in [3.8, 4) is 0 Å². The highest BCUT2D eigenvalue weighted by atomic mass is 16.5. The zero-order chi connectivity index (χ0) is 13.9. The van der Waals surface area contributed by atoms with E-state index in [4.69, 9.17) is 4.74 Å². The first-order chi connectivity index (χ1) is 9.01. The molecule has 2 aliphatic heterocycles. The first kappa shape index (κ1) is 14.3. The van der Waals surface area contributed by atoms with Gasteiger partial charge in [0.05, 0.1) is 25.2 Å². The van der Waals surface area contributed by atoms with Gasteiger partial charge >= 0.3 is 5.97 Å². The average Bonchev–Trinajstić information content (AvgIpc) is 2.39. The number of hydrogen-bond donors (Lipinski definition) is 1. The number of hydrogen-bond acceptors (Lipinski definition) is 4. The molecule has 6 heteroatoms. The fourth-order valence-corrected chi connectivity index (χ4v) is 2.76. The molecule has 0 aromatic rings. The number of likely N-dealkylation sites (tertiary alicyclic amines) is 1. The number of carboxylic acid groups (broad SMARTS) is 1. The minimum atomic E-state index is -0.768. The lowest BCUT2D eigenvalue weighted by Gasteiger charge is -2.38. The highest BCUT2D eigenvalue weighted by Crippen LogP contribution is 2.29. The molecule has 19 heavy (non-hydrogen) atoms. The van der Waals surface area contributed by atoms with Gasteiger partial charge < -0.3 is 14.7 Å². The van der Waals surface area contributed by atoms with Crippen molar-refractivity contribution in [2.75, 3.05) is 45.9 Å². The Labute approximate surface area is 113 Å². The van der Waals surface area contributed by atoms with Gasteiger partial charge in [0.25, 0.3) is 0 Å². The number of piperidine rings is 1. The summed E-state index contributed by atoms with van der Waals surface area (Å²) in [5.41, 5.74) is -0.719. The van der Waals surface area contributed by atoms with Crippen molar-refractivity contribution in [2.24, 2.45) is 5.41 Å². The third kappa shape index (κ3) is 3.45. The molecule has 0 spiro atoms. The summed E-state index contributed by atoms with van der Waals surface area (Å²) < 4.78 is 5.22. The molecule has 1 atom stereocenters. The topological polar surface area (TPSA) is 70.1 Å². The number of amides is 1. The number of rotatable bonds is 3. The molecule has 2 heterocycles. The van der Waals surface area contributed by atoms with Crippen LogP contribution in [0.1, 0.15) is 19.8 Å². The zero-order valence-corrected chi connectivity index (χ0v) is 11.4. The Balaban J connectivity index is 1.88. The second kappa shape index (κ2) is 5.88. The Kier molecular flexibility index (Phi) is 4.42. The van der Waals surface area contributed by atoms with Gasteiger partial charge in [0, 0.05) is 19.6 Å². The molecular formula is C13H22N2O4. The highest BCUT2D eigenvalue weighted by molar-refractivity contribution is 5.79. The monoisotopic (exact) mass is 270 g/mol. The van der Waals surface area contributed by atoms with Gasteiger partial charge in [0.2, 0.25) is 5.91 Å². The van der Waals surface area contributed by atoms with Crippen molar-refractivity contribution < 1.29 is 19.4 Å². The van der Waals surface area contributed by atoms with Crippen LogP contribution in [-0.2, 0) is 14.3 Å². The Bertz CT molecular complexity index is 355. The molecule has 2 aliphatic rings. The minimum absolute atomic E-state index is 0.0814. The molecule has 2 saturated heterocycles. The van der Waals surface area contributed by atoms with Crippen LogP contribution < -0.4 is 0 Å². The largest absolute Gasteiger partial charge is 0.481 e. The van der Waals surface area contributed by atoms with E-state index in [2.05, 4.69) is 0 Å². The molecular weight excluding hydrogens is 248 g/mol. The third-order valence-corrected chi connectivity index (χ3v) is 4.01. The van der Waals surface area contributed by atoms with Crippen LogP contribution in [0.3, 0.4) is 0 Å². The van der Waals surface area contributed by atoms with Gasteiger partial charge in [-0.25, -0.2) is 0 Å². The Morgan fingerprint density at radius 1 is 1.26 bits per heavy atom. The number of aliphatic carboxylic acids is 1. The number of carbonyl (C=O) groups is 2. The predicted molar refractivity (Wildman–Crippen MR) is 68.8 cm³/mol. The lowest BCUT2D eigenvalue weighted by molar-refractivity contribution is -0.152. The standard InChI is InChI=1S/C13H22N2O4/c1-13(12(17)18)3-2-4-14(10-13)9-11(16)15-5-7-19-8-6-15/h2-10H2,1H3,(H,17,18). The van der Waals surface area contributed by atoms with Gasteiger partial charge in [-0.1, -0.05) is 0 Å². The second-order valence-electron chi connectivity index (χ2n) is 5.67. The van der Waals surface area contributed by atoms with E-state index >= 15 is 0 Å². The van der Waals surface area contributed by atoms with E-state index in [0.717, 1.165) is 13.0 Å². The van der Waals surface area contributed by atoms with Crippen LogP contribution in [0.2, 0.25) is 0 Å². The lowest BCUT2D eigenvalue weighted by atomic mass is 9.82. The summed E-state index contributed by atoms with van der Waals surface area (Å²) in [4.78, 5) is 27.2. The van der Waals surface area contributed by atoms with E-state index < -0.39 is 11.4 Å². The van der Waals surface area contributed by atoms with Gasteiger partial charge in [-0.05, 0) is 26.3 Å². The SMILES string of the molecule is CC1(C(=O)O)CCCN(CC(=O)N2CCOCC2)C1.